The Bertz CT molecular complexity index is 415. The van der Waals surface area contributed by atoms with Crippen LogP contribution in [0.4, 0.5) is 5.69 Å². The molecule has 0 saturated heterocycles. The van der Waals surface area contributed by atoms with Crippen LogP contribution in [0.15, 0.2) is 18.2 Å². The van der Waals surface area contributed by atoms with Crippen LogP contribution in [0.25, 0.3) is 0 Å². The van der Waals surface area contributed by atoms with Crippen LogP contribution >= 0.6 is 12.6 Å². The van der Waals surface area contributed by atoms with Crippen molar-refractivity contribution in [1.82, 2.24) is 0 Å². The van der Waals surface area contributed by atoms with Crippen LogP contribution in [0.1, 0.15) is 19.4 Å². The van der Waals surface area contributed by atoms with Gasteiger partial charge in [0.05, 0.1) is 5.69 Å². The van der Waals surface area contributed by atoms with Gasteiger partial charge in [0.2, 0.25) is 0 Å². The molecule has 15 heavy (non-hydrogen) atoms. The number of benzene rings is 1. The van der Waals surface area contributed by atoms with Crippen molar-refractivity contribution in [3.63, 3.8) is 0 Å². The first-order valence-corrected chi connectivity index (χ1v) is 5.40. The molecule has 0 aromatic heterocycles. The van der Waals surface area contributed by atoms with Gasteiger partial charge in [-0.3, -0.25) is 4.79 Å². The van der Waals surface area contributed by atoms with Gasteiger partial charge < -0.3 is 10.1 Å². The first-order valence-electron chi connectivity index (χ1n) is 4.77. The van der Waals surface area contributed by atoms with E-state index in [4.69, 9.17) is 4.74 Å². The Morgan fingerprint density at radius 1 is 1.47 bits per heavy atom. The van der Waals surface area contributed by atoms with Crippen LogP contribution < -0.4 is 10.1 Å². The number of anilines is 1. The highest BCUT2D eigenvalue weighted by Crippen LogP contribution is 2.34. The average molecular weight is 223 g/mol. The predicted octanol–water partition coefficient (Wildman–Crippen LogP) is 2.23. The highest BCUT2D eigenvalue weighted by atomic mass is 32.1. The van der Waals surface area contributed by atoms with Crippen molar-refractivity contribution in [2.45, 2.75) is 25.2 Å². The van der Waals surface area contributed by atoms with Crippen molar-refractivity contribution in [2.24, 2.45) is 0 Å². The minimum absolute atomic E-state index is 0.117. The van der Waals surface area contributed by atoms with E-state index in [1.807, 2.05) is 18.2 Å². The van der Waals surface area contributed by atoms with Crippen LogP contribution in [-0.4, -0.2) is 11.5 Å². The van der Waals surface area contributed by atoms with Crippen molar-refractivity contribution in [1.29, 1.82) is 0 Å². The summed E-state index contributed by atoms with van der Waals surface area (Å²) in [5.74, 6) is 1.25. The molecule has 0 bridgehead atoms. The lowest BCUT2D eigenvalue weighted by atomic mass is 10.1. The Morgan fingerprint density at radius 3 is 2.87 bits per heavy atom. The number of hydrogen-bond donors (Lipinski definition) is 2. The third kappa shape index (κ3) is 1.81. The van der Waals surface area contributed by atoms with Crippen molar-refractivity contribution < 1.29 is 9.53 Å². The number of ether oxygens (including phenoxy) is 1. The fourth-order valence-electron chi connectivity index (χ4n) is 1.45. The molecule has 0 unspecified atom stereocenters. The van der Waals surface area contributed by atoms with Crippen LogP contribution in [0.5, 0.6) is 5.75 Å². The molecule has 3 nitrogen and oxygen atoms in total. The molecule has 0 fully saturated rings. The molecule has 0 atom stereocenters. The van der Waals surface area contributed by atoms with Gasteiger partial charge in [-0.05, 0) is 31.5 Å². The molecule has 1 N–H and O–H groups in total. The molecule has 80 valence electrons. The molecule has 1 aromatic carbocycles. The van der Waals surface area contributed by atoms with Gasteiger partial charge in [-0.15, -0.1) is 0 Å². The fourth-order valence-corrected chi connectivity index (χ4v) is 1.64. The van der Waals surface area contributed by atoms with E-state index in [0.717, 1.165) is 11.3 Å². The van der Waals surface area contributed by atoms with Gasteiger partial charge in [0.1, 0.15) is 5.75 Å². The summed E-state index contributed by atoms with van der Waals surface area (Å²) in [5.41, 5.74) is 0.997. The summed E-state index contributed by atoms with van der Waals surface area (Å²) < 4.78 is 5.63. The molecule has 1 aromatic rings. The lowest BCUT2D eigenvalue weighted by Gasteiger charge is -2.31. The number of carbonyl (C=O) groups is 1. The van der Waals surface area contributed by atoms with E-state index < -0.39 is 5.60 Å². The zero-order chi connectivity index (χ0) is 11.1. The normalized spacial score (nSPS) is 17.7. The van der Waals surface area contributed by atoms with Gasteiger partial charge in [0, 0.05) is 5.75 Å². The Balaban J connectivity index is 2.42. The quantitative estimate of drug-likeness (QED) is 0.716. The van der Waals surface area contributed by atoms with Crippen molar-refractivity contribution in [2.75, 3.05) is 5.32 Å². The molecule has 1 amide bonds. The van der Waals surface area contributed by atoms with Crippen molar-refractivity contribution in [3.8, 4) is 5.75 Å². The number of hydrogen-bond acceptors (Lipinski definition) is 3. The molecule has 4 heteroatoms. The summed E-state index contributed by atoms with van der Waals surface area (Å²) in [6.07, 6.45) is 0. The van der Waals surface area contributed by atoms with E-state index >= 15 is 0 Å². The third-order valence-corrected chi connectivity index (χ3v) is 2.75. The fraction of sp³-hybridized carbons (Fsp3) is 0.364. The van der Waals surface area contributed by atoms with Crippen LogP contribution in [0, 0.1) is 0 Å². The van der Waals surface area contributed by atoms with Crippen molar-refractivity contribution in [3.05, 3.63) is 23.8 Å². The number of nitrogens with one attached hydrogen (secondary N) is 1. The Kier molecular flexibility index (Phi) is 2.38. The molecular formula is C11H13NO2S. The maximum Gasteiger partial charge on any atom is 0.268 e. The number of fused-ring (bicyclic) bond motifs is 1. The summed E-state index contributed by atoms with van der Waals surface area (Å²) in [4.78, 5) is 11.6. The highest BCUT2D eigenvalue weighted by Gasteiger charge is 2.35. The molecule has 0 aliphatic carbocycles. The Morgan fingerprint density at radius 2 is 2.20 bits per heavy atom. The second-order valence-electron chi connectivity index (χ2n) is 4.06. The van der Waals surface area contributed by atoms with E-state index in [0.29, 0.717) is 11.5 Å². The smallest absolute Gasteiger partial charge is 0.268 e. The van der Waals surface area contributed by atoms with E-state index in [-0.39, 0.29) is 5.91 Å². The minimum atomic E-state index is -0.803. The maximum atomic E-state index is 11.6. The first kappa shape index (κ1) is 10.4. The third-order valence-electron chi connectivity index (χ3n) is 2.39. The number of thiol groups is 1. The predicted molar refractivity (Wildman–Crippen MR) is 62.5 cm³/mol. The minimum Gasteiger partial charge on any atom is -0.476 e. The second-order valence-corrected chi connectivity index (χ2v) is 4.37. The van der Waals surface area contributed by atoms with E-state index in [1.54, 1.807) is 13.8 Å². The lowest BCUT2D eigenvalue weighted by molar-refractivity contribution is -0.129. The Labute approximate surface area is 94.2 Å². The zero-order valence-electron chi connectivity index (χ0n) is 8.70. The molecule has 1 heterocycles. The lowest BCUT2D eigenvalue weighted by Crippen LogP contribution is -2.45. The largest absolute Gasteiger partial charge is 0.476 e. The molecular weight excluding hydrogens is 210 g/mol. The molecule has 0 saturated carbocycles. The van der Waals surface area contributed by atoms with Crippen LogP contribution in [0.2, 0.25) is 0 Å². The topological polar surface area (TPSA) is 38.3 Å². The zero-order valence-corrected chi connectivity index (χ0v) is 9.60. The summed E-state index contributed by atoms with van der Waals surface area (Å²) in [6, 6.07) is 5.67. The van der Waals surface area contributed by atoms with Gasteiger partial charge in [0.25, 0.3) is 5.91 Å². The summed E-state index contributed by atoms with van der Waals surface area (Å²) >= 11 is 4.20. The Hall–Kier alpha value is -1.16. The average Bonchev–Trinajstić information content (AvgIpc) is 2.18. The van der Waals surface area contributed by atoms with E-state index in [1.165, 1.54) is 0 Å². The van der Waals surface area contributed by atoms with E-state index in [2.05, 4.69) is 17.9 Å². The molecule has 0 spiro atoms. The number of amides is 1. The summed E-state index contributed by atoms with van der Waals surface area (Å²) in [7, 11) is 0. The number of carbonyl (C=O) groups excluding carboxylic acids is 1. The van der Waals surface area contributed by atoms with Gasteiger partial charge in [-0.2, -0.15) is 12.6 Å². The first-order chi connectivity index (χ1) is 7.03. The SMILES string of the molecule is CC1(C)Oc2cc(CS)ccc2NC1=O. The summed E-state index contributed by atoms with van der Waals surface area (Å²) in [5, 5.41) is 2.81. The summed E-state index contributed by atoms with van der Waals surface area (Å²) in [6.45, 7) is 3.50. The monoisotopic (exact) mass is 223 g/mol. The molecule has 2 rings (SSSR count). The van der Waals surface area contributed by atoms with Gasteiger partial charge in [-0.25, -0.2) is 0 Å². The molecule has 1 aliphatic heterocycles. The van der Waals surface area contributed by atoms with Gasteiger partial charge in [-0.1, -0.05) is 6.07 Å². The standard InChI is InChI=1S/C11H13NO2S/c1-11(2)10(13)12-8-4-3-7(6-15)5-9(8)14-11/h3-5,15H,6H2,1-2H3,(H,12,13). The number of rotatable bonds is 1. The molecule has 0 radical (unpaired) electrons. The van der Waals surface area contributed by atoms with Crippen LogP contribution in [-0.2, 0) is 10.5 Å². The highest BCUT2D eigenvalue weighted by molar-refractivity contribution is 7.79. The van der Waals surface area contributed by atoms with Gasteiger partial charge in [0.15, 0.2) is 5.60 Å². The molecule has 1 aliphatic rings. The van der Waals surface area contributed by atoms with Crippen LogP contribution in [0.3, 0.4) is 0 Å². The van der Waals surface area contributed by atoms with Gasteiger partial charge >= 0.3 is 0 Å². The van der Waals surface area contributed by atoms with E-state index in [9.17, 15) is 4.79 Å². The maximum absolute atomic E-state index is 11.6. The second kappa shape index (κ2) is 3.45. The van der Waals surface area contributed by atoms with Crippen molar-refractivity contribution >= 4 is 24.2 Å².